The SMILES string of the molecule is BrB(Br)Br.C.C.C.C.C.CC(C(=O)NCc1cnoc1)N(Cc1cccc(O)c1)c1ccc(F)c(Cl)c1.COC(=O)C(C)N(Cc1cccc(OC)c1)c1ccc(F)c(Cl)c1.COC(=O)C(C)Nc1ccc(F)c(Cl)c1.COc1cccc(CBr)c1.COc1cccc(CN(c2ccc(F)c(Cl)c2)C(C)C(=O)NCc2cnoc2)c1.COc1cccc(CN(c2ccc(F)c(Cl)c2)C(C)C(=O)O)c1.NCc1cnoc1.[Li+].[OH-]. The zero-order valence-corrected chi connectivity index (χ0v) is 89.0. The van der Waals surface area contributed by atoms with Crippen LogP contribution in [0.4, 0.5) is 50.4 Å². The number of aromatic nitrogens is 3. The van der Waals surface area contributed by atoms with E-state index in [1.165, 1.54) is 118 Å². The molecule has 8 N–H and O–H groups in total. The number of esters is 2. The van der Waals surface area contributed by atoms with Crippen LogP contribution < -0.4 is 79.1 Å². The fourth-order valence-corrected chi connectivity index (χ4v) is 13.6. The number of hydrogen-bond donors (Lipinski definition) is 6. The Hall–Kier alpha value is -11.2. The van der Waals surface area contributed by atoms with Gasteiger partial charge in [0.2, 0.25) is 11.8 Å². The van der Waals surface area contributed by atoms with Crippen molar-refractivity contribution in [2.75, 3.05) is 67.6 Å². The van der Waals surface area contributed by atoms with E-state index in [9.17, 15) is 56.1 Å². The Bertz CT molecular complexity index is 6010. The number of carboxylic acids is 1. The van der Waals surface area contributed by atoms with Crippen molar-refractivity contribution >= 4 is 183 Å². The van der Waals surface area contributed by atoms with Gasteiger partial charge in [-0.25, -0.2) is 36.3 Å². The molecular weight excluding hydrogens is 2270 g/mol. The molecule has 13 rings (SSSR count). The van der Waals surface area contributed by atoms with Crippen molar-refractivity contribution in [3.63, 3.8) is 0 Å². The van der Waals surface area contributed by atoms with Gasteiger partial charge in [-0.2, -0.15) is 0 Å². The molecule has 794 valence electrons. The number of nitrogens with one attached hydrogen (secondary N) is 3. The molecule has 5 unspecified atom stereocenters. The Balaban J connectivity index is 0. The number of phenols is 1. The van der Waals surface area contributed by atoms with E-state index in [2.05, 4.69) is 110 Å². The van der Waals surface area contributed by atoms with Crippen molar-refractivity contribution in [3.8, 4) is 28.7 Å². The third-order valence-electron chi connectivity index (χ3n) is 20.0. The summed E-state index contributed by atoms with van der Waals surface area (Å²) in [5.74, 6) is -1.63. The van der Waals surface area contributed by atoms with Crippen LogP contribution in [0.3, 0.4) is 0 Å². The Labute approximate surface area is 927 Å². The number of benzene rings is 10. The number of halogens is 14. The summed E-state index contributed by atoms with van der Waals surface area (Å²) in [6.07, 6.45) is 9.11. The van der Waals surface area contributed by atoms with Gasteiger partial charge in [0.05, 0.1) is 86.4 Å². The Morgan fingerprint density at radius 1 is 0.408 bits per heavy atom. The van der Waals surface area contributed by atoms with Gasteiger partial charge in [-0.1, -0.05) is 187 Å². The average Bonchev–Trinajstić information content (AvgIpc) is 1.70. The minimum absolute atomic E-state index is 0. The number of alkyl halides is 1. The first-order chi connectivity index (χ1) is 66.9. The van der Waals surface area contributed by atoms with Crippen molar-refractivity contribution in [2.45, 2.75) is 153 Å². The van der Waals surface area contributed by atoms with Crippen LogP contribution >= 0.6 is 121 Å². The molecule has 44 heteroatoms. The molecule has 3 aromatic heterocycles. The number of methoxy groups -OCH3 is 6. The molecule has 0 aliphatic carbocycles. The number of rotatable bonds is 33. The van der Waals surface area contributed by atoms with Gasteiger partial charge in [-0.05, 0) is 214 Å². The number of aliphatic carboxylic acids is 1. The second-order valence-corrected chi connectivity index (χ2v) is 38.7. The quantitative estimate of drug-likeness (QED) is 0.00963. The molecule has 28 nitrogen and oxygen atoms in total. The largest absolute Gasteiger partial charge is 1.00 e. The third-order valence-corrected chi connectivity index (χ3v) is 22.1. The molecule has 2 amide bonds. The van der Waals surface area contributed by atoms with E-state index in [1.807, 2.05) is 102 Å². The van der Waals surface area contributed by atoms with Gasteiger partial charge in [0, 0.05) is 96.3 Å². The summed E-state index contributed by atoms with van der Waals surface area (Å²) >= 11 is 41.9. The monoisotopic (exact) mass is 2390 g/mol. The third kappa shape index (κ3) is 47.9. The first kappa shape index (κ1) is 138. The van der Waals surface area contributed by atoms with Crippen molar-refractivity contribution in [1.82, 2.24) is 26.1 Å². The number of phenolic OH excluding ortho intramolecular Hbond substituents is 1. The van der Waals surface area contributed by atoms with Gasteiger partial charge < -0.3 is 99.0 Å². The van der Waals surface area contributed by atoms with Gasteiger partial charge in [0.1, 0.15) is 107 Å². The van der Waals surface area contributed by atoms with Crippen LogP contribution in [-0.2, 0) is 84.6 Å². The summed E-state index contributed by atoms with van der Waals surface area (Å²) in [4.78, 5) is 67.0. The first-order valence-corrected chi connectivity index (χ1v) is 47.8. The Kier molecular flexibility index (Phi) is 68.4. The number of nitrogens with zero attached hydrogens (tertiary/aromatic N) is 7. The van der Waals surface area contributed by atoms with Gasteiger partial charge in [0.25, 0.3) is 0 Å². The van der Waals surface area contributed by atoms with Crippen LogP contribution in [0.1, 0.15) is 116 Å². The summed E-state index contributed by atoms with van der Waals surface area (Å²) in [5, 5.41) is 39.1. The number of carbonyl (C=O) groups excluding carboxylic acids is 4. The second-order valence-electron chi connectivity index (χ2n) is 29.7. The molecule has 0 spiro atoms. The summed E-state index contributed by atoms with van der Waals surface area (Å²) in [5.41, 5.74) is 15.3. The Morgan fingerprint density at radius 3 is 0.966 bits per heavy atom. The van der Waals surface area contributed by atoms with E-state index in [1.54, 1.807) is 127 Å². The predicted molar refractivity (Wildman–Crippen MR) is 586 cm³/mol. The number of hydrogen-bond acceptors (Lipinski definition) is 25. The molecule has 3 heterocycles. The number of aromatic hydroxyl groups is 1. The number of carbonyl (C=O) groups is 5. The molecular formula is C103H123BBr4Cl5F5LiN11O17. The standard InChI is InChI=1S/C21H21ClFN3O3.C20H19ClFN3O3.C18H19ClFNO3.C17H17ClFNO3.C10H11ClFNO2.C8H9BrO.C4H6N2O.5CH4.BBr3.Li.H2O/c1-14(21(27)24-10-16-11-25-29-13-16)26(17-6-7-20(23)19(22)9-17)12-15-4-3-5-18(8-15)28-2;1-13(20(27)23-9-15-10-24-28-12-15)25(11-14-3-2-4-17(26)7-14)16-5-6-19(22)18(21)8-16;1-12(18(22)24-3)21(14-7-8-17(20)16(19)10-14)11-13-5-4-6-15(9-13)23-2;1-11(17(21)22)20(13-6-7-16(19)15(18)9-13)10-12-4-3-5-14(8-12)23-2;1-6(10(14)15-2)13-7-3-4-9(12)8(11)5-7;1-10-8-4-2-3-7(5-8)6-9;5-1-4-2-6-7-3-4;;;;;;2-1(3)4;;/h3-9,11,13-14H,10,12H2,1-2H3,(H,24,27);2-8,10,12-13,26H,9,11H2,1H3,(H,23,27);4-10,12H,11H2,1-3H3;3-9,11H,10H2,1-2H3,(H,21,22);3-6,13H,1-2H3;2-5H,6H2,1H3;2-3H,1,5H2;5*1H4;;;1H2/q;;;;;;;;;;;;;+1;/p-1. The van der Waals surface area contributed by atoms with Crippen molar-refractivity contribution in [3.05, 3.63) is 348 Å². The topological polar surface area (TPSA) is 364 Å². The maximum absolute atomic E-state index is 13.7. The molecule has 0 aliphatic heterocycles. The smallest absolute Gasteiger partial charge is 0.870 e. The van der Waals surface area contributed by atoms with Gasteiger partial charge in [-0.3, -0.25) is 9.59 Å². The Morgan fingerprint density at radius 2 is 0.694 bits per heavy atom. The van der Waals surface area contributed by atoms with Crippen molar-refractivity contribution in [2.24, 2.45) is 5.73 Å². The molecule has 147 heavy (non-hydrogen) atoms. The van der Waals surface area contributed by atoms with E-state index >= 15 is 0 Å². The van der Waals surface area contributed by atoms with E-state index in [0.717, 1.165) is 55.8 Å². The predicted octanol–water partition coefficient (Wildman–Crippen LogP) is 23.4. The molecule has 0 fully saturated rings. The molecule has 0 bridgehead atoms. The number of nitrogens with two attached hydrogens (primary N) is 1. The normalized spacial score (nSPS) is 10.8. The molecule has 10 aromatic carbocycles. The molecule has 0 saturated carbocycles. The van der Waals surface area contributed by atoms with Crippen molar-refractivity contribution < 1.29 is 122 Å². The van der Waals surface area contributed by atoms with Crippen LogP contribution in [0.2, 0.25) is 25.1 Å². The molecule has 5 atom stereocenters. The molecule has 0 radical (unpaired) electrons. The van der Waals surface area contributed by atoms with E-state index < -0.39 is 77.2 Å². The first-order valence-electron chi connectivity index (χ1n) is 42.0. The van der Waals surface area contributed by atoms with Crippen LogP contribution in [0.5, 0.6) is 28.7 Å². The van der Waals surface area contributed by atoms with Gasteiger partial charge in [0.15, 0.2) is 0 Å². The number of ether oxygens (including phenoxy) is 6. The fraction of sp³-hybridized carbons (Fsp3) is 0.282. The number of carboxylic acid groups (broad SMARTS) is 1. The minimum atomic E-state index is -0.978. The van der Waals surface area contributed by atoms with Crippen LogP contribution in [0.15, 0.2) is 263 Å². The summed E-state index contributed by atoms with van der Waals surface area (Å²) in [7, 11) is 9.06. The number of amides is 2. The van der Waals surface area contributed by atoms with E-state index in [-0.39, 0.29) is 114 Å². The second kappa shape index (κ2) is 73.0. The molecule has 0 aliphatic rings. The van der Waals surface area contributed by atoms with E-state index in [4.69, 9.17) is 96.5 Å². The van der Waals surface area contributed by atoms with Crippen LogP contribution in [-0.4, -0.2) is 137 Å². The molecule has 0 saturated heterocycles. The van der Waals surface area contributed by atoms with Crippen LogP contribution in [0, 0.1) is 29.1 Å². The van der Waals surface area contributed by atoms with E-state index in [0.29, 0.717) is 79.2 Å². The number of anilines is 5. The maximum atomic E-state index is 13.7. The summed E-state index contributed by atoms with van der Waals surface area (Å²) < 4.78 is 111. The van der Waals surface area contributed by atoms with Crippen LogP contribution in [0.25, 0.3) is 0 Å². The molecule has 13 aromatic rings. The minimum Gasteiger partial charge on any atom is -0.870 e. The van der Waals surface area contributed by atoms with Gasteiger partial charge >= 0.3 is 40.0 Å². The zero-order chi connectivity index (χ0) is 103. The zero-order valence-electron chi connectivity index (χ0n) is 78.8. The summed E-state index contributed by atoms with van der Waals surface area (Å²) in [6.45, 7) is 11.0. The van der Waals surface area contributed by atoms with Gasteiger partial charge in [-0.15, -0.1) is 47.3 Å². The summed E-state index contributed by atoms with van der Waals surface area (Å²) in [6, 6.07) is 55.4. The average molecular weight is 2400 g/mol. The maximum Gasteiger partial charge on any atom is 1.00 e. The van der Waals surface area contributed by atoms with Crippen molar-refractivity contribution in [1.29, 1.82) is 0 Å². The fourth-order valence-electron chi connectivity index (χ4n) is 12.4.